The lowest BCUT2D eigenvalue weighted by Gasteiger charge is -2.16. The number of ketones is 1. The molecule has 0 aromatic heterocycles. The maximum absolute atomic E-state index is 12.2. The van der Waals surface area contributed by atoms with Crippen molar-refractivity contribution in [2.75, 3.05) is 0 Å². The number of rotatable bonds is 1. The molecule has 0 bridgehead atoms. The van der Waals surface area contributed by atoms with Gasteiger partial charge in [-0.3, -0.25) is 4.79 Å². The molecule has 1 aliphatic rings. The van der Waals surface area contributed by atoms with Gasteiger partial charge < -0.3 is 0 Å². The van der Waals surface area contributed by atoms with Gasteiger partial charge in [-0.05, 0) is 43.2 Å². The minimum absolute atomic E-state index is 0.342. The Morgan fingerprint density at radius 2 is 2.06 bits per heavy atom. The third-order valence-electron chi connectivity index (χ3n) is 3.74. The van der Waals surface area contributed by atoms with Crippen LogP contribution in [0.25, 0.3) is 0 Å². The Kier molecular flexibility index (Phi) is 3.13. The van der Waals surface area contributed by atoms with Crippen molar-refractivity contribution in [3.8, 4) is 0 Å². The number of hydrogen-bond donors (Lipinski definition) is 0. The average molecular weight is 216 g/mol. The highest BCUT2D eigenvalue weighted by molar-refractivity contribution is 5.98. The average Bonchev–Trinajstić information content (AvgIpc) is 2.39. The number of carbonyl (C=O) groups is 1. The molecule has 2 rings (SSSR count). The molecule has 86 valence electrons. The molecule has 16 heavy (non-hydrogen) atoms. The molecule has 0 N–H and O–H groups in total. The van der Waals surface area contributed by atoms with Crippen molar-refractivity contribution in [3.63, 3.8) is 0 Å². The van der Waals surface area contributed by atoms with Crippen molar-refractivity contribution < 1.29 is 4.79 Å². The van der Waals surface area contributed by atoms with E-state index < -0.39 is 0 Å². The van der Waals surface area contributed by atoms with Crippen molar-refractivity contribution in [1.82, 2.24) is 0 Å². The Balaban J connectivity index is 2.32. The van der Waals surface area contributed by atoms with E-state index in [1.165, 1.54) is 11.1 Å². The summed E-state index contributed by atoms with van der Waals surface area (Å²) in [7, 11) is 0. The first-order valence-electron chi connectivity index (χ1n) is 6.20. The summed E-state index contributed by atoms with van der Waals surface area (Å²) in [6, 6.07) is 6.30. The van der Waals surface area contributed by atoms with Gasteiger partial charge in [0.2, 0.25) is 0 Å². The second-order valence-electron chi connectivity index (χ2n) is 5.33. The van der Waals surface area contributed by atoms with Gasteiger partial charge in [0.25, 0.3) is 0 Å². The first-order valence-corrected chi connectivity index (χ1v) is 6.20. The van der Waals surface area contributed by atoms with Crippen molar-refractivity contribution in [2.24, 2.45) is 11.8 Å². The third-order valence-corrected chi connectivity index (χ3v) is 3.74. The zero-order valence-corrected chi connectivity index (χ0v) is 10.4. The molecule has 1 aromatic carbocycles. The fourth-order valence-electron chi connectivity index (χ4n) is 2.53. The smallest absolute Gasteiger partial charge is 0.163 e. The molecular formula is C15H20O. The molecule has 1 aromatic rings. The molecule has 0 aliphatic heterocycles. The highest BCUT2D eigenvalue weighted by atomic mass is 16.1. The van der Waals surface area contributed by atoms with Crippen LogP contribution < -0.4 is 0 Å². The van der Waals surface area contributed by atoms with E-state index >= 15 is 0 Å². The van der Waals surface area contributed by atoms with Crippen LogP contribution >= 0.6 is 0 Å². The number of hydrogen-bond acceptors (Lipinski definition) is 1. The fourth-order valence-corrected chi connectivity index (χ4v) is 2.53. The summed E-state index contributed by atoms with van der Waals surface area (Å²) in [6.45, 7) is 6.50. The summed E-state index contributed by atoms with van der Waals surface area (Å²) < 4.78 is 0. The van der Waals surface area contributed by atoms with E-state index in [1.54, 1.807) is 0 Å². The Morgan fingerprint density at radius 1 is 1.31 bits per heavy atom. The molecule has 1 atom stereocenters. The van der Waals surface area contributed by atoms with Crippen LogP contribution in [0.4, 0.5) is 0 Å². The van der Waals surface area contributed by atoms with E-state index in [0.29, 0.717) is 17.6 Å². The number of Topliss-reactive ketones (excluding diaryl/α,β-unsaturated/α-hetero) is 1. The van der Waals surface area contributed by atoms with Crippen molar-refractivity contribution in [3.05, 3.63) is 34.9 Å². The predicted molar refractivity (Wildman–Crippen MR) is 66.8 cm³/mol. The lowest BCUT2D eigenvalue weighted by molar-refractivity contribution is 0.0951. The van der Waals surface area contributed by atoms with Gasteiger partial charge in [-0.1, -0.05) is 31.5 Å². The van der Waals surface area contributed by atoms with E-state index in [1.807, 2.05) is 0 Å². The molecule has 0 amide bonds. The van der Waals surface area contributed by atoms with Gasteiger partial charge in [0.1, 0.15) is 0 Å². The molecule has 1 aliphatic carbocycles. The topological polar surface area (TPSA) is 17.1 Å². The van der Waals surface area contributed by atoms with E-state index in [4.69, 9.17) is 0 Å². The van der Waals surface area contributed by atoms with Gasteiger partial charge in [0.05, 0.1) is 0 Å². The number of carbonyl (C=O) groups excluding carboxylic acids is 1. The van der Waals surface area contributed by atoms with Crippen LogP contribution in [-0.4, -0.2) is 5.78 Å². The molecule has 0 saturated carbocycles. The van der Waals surface area contributed by atoms with Crippen LogP contribution in [0.15, 0.2) is 18.2 Å². The first kappa shape index (κ1) is 11.4. The molecule has 1 nitrogen and oxygen atoms in total. The standard InChI is InChI=1S/C15H20O/c1-10(2)13-7-6-12-5-4-11(3)8-14(12)15(16)9-13/h4-5,8,10,13H,6-7,9H2,1-3H3. The number of benzene rings is 1. The lowest BCUT2D eigenvalue weighted by atomic mass is 9.88. The highest BCUT2D eigenvalue weighted by Gasteiger charge is 2.24. The Morgan fingerprint density at radius 3 is 2.75 bits per heavy atom. The van der Waals surface area contributed by atoms with Gasteiger partial charge in [-0.2, -0.15) is 0 Å². The molecule has 1 heteroatoms. The van der Waals surface area contributed by atoms with Gasteiger partial charge in [-0.15, -0.1) is 0 Å². The minimum Gasteiger partial charge on any atom is -0.294 e. The molecule has 1 unspecified atom stereocenters. The van der Waals surface area contributed by atoms with E-state index in [-0.39, 0.29) is 0 Å². The minimum atomic E-state index is 0.342. The third kappa shape index (κ3) is 2.18. The van der Waals surface area contributed by atoms with Crippen molar-refractivity contribution >= 4 is 5.78 Å². The number of fused-ring (bicyclic) bond motifs is 1. The highest BCUT2D eigenvalue weighted by Crippen LogP contribution is 2.29. The van der Waals surface area contributed by atoms with Crippen molar-refractivity contribution in [1.29, 1.82) is 0 Å². The maximum Gasteiger partial charge on any atom is 0.163 e. The SMILES string of the molecule is Cc1ccc2c(c1)C(=O)CC(C(C)C)CC2. The summed E-state index contributed by atoms with van der Waals surface area (Å²) in [6.07, 6.45) is 2.94. The number of aryl methyl sites for hydroxylation is 2. The van der Waals surface area contributed by atoms with Gasteiger partial charge >= 0.3 is 0 Å². The summed E-state index contributed by atoms with van der Waals surface area (Å²) >= 11 is 0. The zero-order chi connectivity index (χ0) is 11.7. The lowest BCUT2D eigenvalue weighted by Crippen LogP contribution is -2.12. The van der Waals surface area contributed by atoms with E-state index in [0.717, 1.165) is 24.8 Å². The maximum atomic E-state index is 12.2. The summed E-state index contributed by atoms with van der Waals surface area (Å²) in [5.41, 5.74) is 3.41. The molecule has 0 radical (unpaired) electrons. The Labute approximate surface area is 97.9 Å². The Hall–Kier alpha value is -1.11. The zero-order valence-electron chi connectivity index (χ0n) is 10.4. The van der Waals surface area contributed by atoms with Crippen LogP contribution in [0.1, 0.15) is 48.2 Å². The second-order valence-corrected chi connectivity index (χ2v) is 5.33. The van der Waals surface area contributed by atoms with Crippen molar-refractivity contribution in [2.45, 2.75) is 40.0 Å². The molecule has 0 saturated heterocycles. The first-order chi connectivity index (χ1) is 7.58. The fraction of sp³-hybridized carbons (Fsp3) is 0.533. The van der Waals surface area contributed by atoms with Crippen LogP contribution in [-0.2, 0) is 6.42 Å². The second kappa shape index (κ2) is 4.40. The van der Waals surface area contributed by atoms with E-state index in [9.17, 15) is 4.79 Å². The van der Waals surface area contributed by atoms with Gasteiger partial charge in [-0.25, -0.2) is 0 Å². The van der Waals surface area contributed by atoms with Gasteiger partial charge in [0.15, 0.2) is 5.78 Å². The summed E-state index contributed by atoms with van der Waals surface area (Å²) in [5, 5.41) is 0. The Bertz CT molecular complexity index is 404. The van der Waals surface area contributed by atoms with E-state index in [2.05, 4.69) is 39.0 Å². The molecule has 0 heterocycles. The van der Waals surface area contributed by atoms with Crippen LogP contribution in [0.2, 0.25) is 0 Å². The van der Waals surface area contributed by atoms with Crippen LogP contribution in [0.5, 0.6) is 0 Å². The quantitative estimate of drug-likeness (QED) is 0.653. The molecule has 0 fully saturated rings. The normalized spacial score (nSPS) is 20.8. The summed E-state index contributed by atoms with van der Waals surface area (Å²) in [5.74, 6) is 1.51. The van der Waals surface area contributed by atoms with Crippen LogP contribution in [0.3, 0.4) is 0 Å². The van der Waals surface area contributed by atoms with Gasteiger partial charge in [0, 0.05) is 12.0 Å². The largest absolute Gasteiger partial charge is 0.294 e. The monoisotopic (exact) mass is 216 g/mol. The molecule has 0 spiro atoms. The molecular weight excluding hydrogens is 196 g/mol. The predicted octanol–water partition coefficient (Wildman–Crippen LogP) is 3.79. The van der Waals surface area contributed by atoms with Crippen LogP contribution in [0, 0.1) is 18.8 Å². The summed E-state index contributed by atoms with van der Waals surface area (Å²) in [4.78, 5) is 12.2.